The number of anilines is 1. The van der Waals surface area contributed by atoms with Crippen LogP contribution in [0.3, 0.4) is 0 Å². The Labute approximate surface area is 113 Å². The molecule has 1 fully saturated rings. The highest BCUT2D eigenvalue weighted by molar-refractivity contribution is 6.29. The van der Waals surface area contributed by atoms with Crippen LogP contribution in [0.5, 0.6) is 0 Å². The Balaban J connectivity index is 2.00. The first-order valence-electron chi connectivity index (χ1n) is 6.51. The molecule has 0 amide bonds. The van der Waals surface area contributed by atoms with Gasteiger partial charge in [-0.15, -0.1) is 0 Å². The lowest BCUT2D eigenvalue weighted by atomic mass is 10.0. The number of nitrogens with one attached hydrogen (secondary N) is 1. The Morgan fingerprint density at radius 3 is 2.83 bits per heavy atom. The molecule has 1 atom stereocenters. The minimum absolute atomic E-state index is 0.463. The van der Waals surface area contributed by atoms with Crippen molar-refractivity contribution in [2.45, 2.75) is 51.0 Å². The molecule has 100 valence electrons. The SMILES string of the molecule is CCCC(C)(O)CNc1cc(Cl)nc(C2CC2)n1. The van der Waals surface area contributed by atoms with E-state index in [1.807, 2.05) is 6.92 Å². The van der Waals surface area contributed by atoms with Crippen LogP contribution in [-0.4, -0.2) is 27.2 Å². The van der Waals surface area contributed by atoms with E-state index in [1.54, 1.807) is 6.07 Å². The third kappa shape index (κ3) is 3.82. The van der Waals surface area contributed by atoms with Crippen LogP contribution in [0.15, 0.2) is 6.07 Å². The fraction of sp³-hybridized carbons (Fsp3) is 0.692. The maximum Gasteiger partial charge on any atom is 0.135 e. The molecule has 18 heavy (non-hydrogen) atoms. The molecule has 4 nitrogen and oxygen atoms in total. The second-order valence-electron chi connectivity index (χ2n) is 5.31. The van der Waals surface area contributed by atoms with Crippen LogP contribution in [0.1, 0.15) is 51.3 Å². The first-order valence-corrected chi connectivity index (χ1v) is 6.89. The Bertz CT molecular complexity index is 419. The Kier molecular flexibility index (Phi) is 4.07. The molecule has 1 aliphatic carbocycles. The van der Waals surface area contributed by atoms with E-state index >= 15 is 0 Å². The van der Waals surface area contributed by atoms with Crippen molar-refractivity contribution in [3.8, 4) is 0 Å². The molecule has 1 aromatic heterocycles. The summed E-state index contributed by atoms with van der Waals surface area (Å²) < 4.78 is 0. The normalized spacial score (nSPS) is 18.4. The van der Waals surface area contributed by atoms with Crippen LogP contribution in [-0.2, 0) is 0 Å². The van der Waals surface area contributed by atoms with Crippen molar-refractivity contribution in [3.05, 3.63) is 17.0 Å². The second kappa shape index (κ2) is 5.41. The third-order valence-electron chi connectivity index (χ3n) is 3.09. The van der Waals surface area contributed by atoms with Gasteiger partial charge in [0.1, 0.15) is 16.8 Å². The molecule has 1 unspecified atom stereocenters. The molecular formula is C13H20ClN3O. The highest BCUT2D eigenvalue weighted by atomic mass is 35.5. The maximum absolute atomic E-state index is 10.1. The van der Waals surface area contributed by atoms with E-state index in [0.29, 0.717) is 23.4 Å². The van der Waals surface area contributed by atoms with Crippen molar-refractivity contribution in [1.82, 2.24) is 9.97 Å². The first kappa shape index (κ1) is 13.6. The van der Waals surface area contributed by atoms with E-state index in [2.05, 4.69) is 22.2 Å². The fourth-order valence-corrected chi connectivity index (χ4v) is 2.15. The van der Waals surface area contributed by atoms with Crippen molar-refractivity contribution < 1.29 is 5.11 Å². The predicted molar refractivity (Wildman–Crippen MR) is 73.0 cm³/mol. The van der Waals surface area contributed by atoms with Gasteiger partial charge in [0.2, 0.25) is 0 Å². The van der Waals surface area contributed by atoms with Crippen molar-refractivity contribution in [3.63, 3.8) is 0 Å². The summed E-state index contributed by atoms with van der Waals surface area (Å²) in [5.74, 6) is 1.99. The summed E-state index contributed by atoms with van der Waals surface area (Å²) >= 11 is 5.98. The van der Waals surface area contributed by atoms with Crippen molar-refractivity contribution >= 4 is 17.4 Å². The van der Waals surface area contributed by atoms with Gasteiger partial charge in [-0.1, -0.05) is 24.9 Å². The van der Waals surface area contributed by atoms with Crippen LogP contribution in [0.4, 0.5) is 5.82 Å². The average Bonchev–Trinajstić information content (AvgIpc) is 3.09. The Morgan fingerprint density at radius 2 is 2.22 bits per heavy atom. The lowest BCUT2D eigenvalue weighted by molar-refractivity contribution is 0.0636. The van der Waals surface area contributed by atoms with E-state index in [9.17, 15) is 5.11 Å². The molecule has 0 spiro atoms. The quantitative estimate of drug-likeness (QED) is 0.780. The number of hydrogen-bond acceptors (Lipinski definition) is 4. The number of nitrogens with zero attached hydrogens (tertiary/aromatic N) is 2. The van der Waals surface area contributed by atoms with Gasteiger partial charge in [0, 0.05) is 18.5 Å². The number of aromatic nitrogens is 2. The molecule has 2 rings (SSSR count). The summed E-state index contributed by atoms with van der Waals surface area (Å²) in [6, 6.07) is 1.70. The monoisotopic (exact) mass is 269 g/mol. The average molecular weight is 270 g/mol. The van der Waals surface area contributed by atoms with Gasteiger partial charge in [0.25, 0.3) is 0 Å². The molecule has 0 bridgehead atoms. The number of aliphatic hydroxyl groups is 1. The Morgan fingerprint density at radius 1 is 1.50 bits per heavy atom. The van der Waals surface area contributed by atoms with E-state index < -0.39 is 5.60 Å². The van der Waals surface area contributed by atoms with Gasteiger partial charge >= 0.3 is 0 Å². The zero-order chi connectivity index (χ0) is 13.2. The van der Waals surface area contributed by atoms with E-state index in [0.717, 1.165) is 31.5 Å². The predicted octanol–water partition coefficient (Wildman–Crippen LogP) is 2.97. The zero-order valence-corrected chi connectivity index (χ0v) is 11.7. The molecule has 0 radical (unpaired) electrons. The molecule has 1 heterocycles. The summed E-state index contributed by atoms with van der Waals surface area (Å²) in [5, 5.41) is 13.7. The maximum atomic E-state index is 10.1. The van der Waals surface area contributed by atoms with Crippen LogP contribution in [0.2, 0.25) is 5.15 Å². The van der Waals surface area contributed by atoms with Gasteiger partial charge in [-0.2, -0.15) is 0 Å². The Hall–Kier alpha value is -0.870. The van der Waals surface area contributed by atoms with E-state index in [-0.39, 0.29) is 0 Å². The molecule has 0 saturated heterocycles. The van der Waals surface area contributed by atoms with E-state index in [4.69, 9.17) is 11.6 Å². The van der Waals surface area contributed by atoms with Crippen LogP contribution >= 0.6 is 11.6 Å². The highest BCUT2D eigenvalue weighted by Gasteiger charge is 2.27. The standard InChI is InChI=1S/C13H20ClN3O/c1-3-6-13(2,18)8-15-11-7-10(14)16-12(17-11)9-4-5-9/h7,9,18H,3-6,8H2,1-2H3,(H,15,16,17). The zero-order valence-electron chi connectivity index (χ0n) is 10.9. The minimum Gasteiger partial charge on any atom is -0.388 e. The van der Waals surface area contributed by atoms with Gasteiger partial charge in [-0.25, -0.2) is 9.97 Å². The van der Waals surface area contributed by atoms with Crippen LogP contribution in [0, 0.1) is 0 Å². The summed E-state index contributed by atoms with van der Waals surface area (Å²) in [6.45, 7) is 4.35. The molecule has 5 heteroatoms. The molecule has 0 aromatic carbocycles. The molecule has 1 aromatic rings. The molecule has 0 aliphatic heterocycles. The molecule has 1 aliphatic rings. The third-order valence-corrected chi connectivity index (χ3v) is 3.29. The van der Waals surface area contributed by atoms with Gasteiger partial charge < -0.3 is 10.4 Å². The molecule has 2 N–H and O–H groups in total. The smallest absolute Gasteiger partial charge is 0.135 e. The van der Waals surface area contributed by atoms with Crippen LogP contribution in [0.25, 0.3) is 0 Å². The number of hydrogen-bond donors (Lipinski definition) is 2. The first-order chi connectivity index (χ1) is 8.50. The summed E-state index contributed by atoms with van der Waals surface area (Å²) in [5.41, 5.74) is -0.716. The summed E-state index contributed by atoms with van der Waals surface area (Å²) in [7, 11) is 0. The van der Waals surface area contributed by atoms with Gasteiger partial charge in [0.05, 0.1) is 5.60 Å². The summed E-state index contributed by atoms with van der Waals surface area (Å²) in [6.07, 6.45) is 4.00. The highest BCUT2D eigenvalue weighted by Crippen LogP contribution is 2.38. The minimum atomic E-state index is -0.716. The largest absolute Gasteiger partial charge is 0.388 e. The number of rotatable bonds is 6. The van der Waals surface area contributed by atoms with Gasteiger partial charge in [0.15, 0.2) is 0 Å². The lowest BCUT2D eigenvalue weighted by Gasteiger charge is -2.23. The fourth-order valence-electron chi connectivity index (χ4n) is 1.96. The van der Waals surface area contributed by atoms with Crippen molar-refractivity contribution in [2.24, 2.45) is 0 Å². The molecular weight excluding hydrogens is 250 g/mol. The van der Waals surface area contributed by atoms with E-state index in [1.165, 1.54) is 0 Å². The van der Waals surface area contributed by atoms with Crippen molar-refractivity contribution in [1.29, 1.82) is 0 Å². The van der Waals surface area contributed by atoms with Crippen LogP contribution < -0.4 is 5.32 Å². The van der Waals surface area contributed by atoms with Crippen molar-refractivity contribution in [2.75, 3.05) is 11.9 Å². The topological polar surface area (TPSA) is 58.0 Å². The van der Waals surface area contributed by atoms with Gasteiger partial charge in [-0.3, -0.25) is 0 Å². The molecule has 1 saturated carbocycles. The lowest BCUT2D eigenvalue weighted by Crippen LogP contribution is -2.33. The van der Waals surface area contributed by atoms with Gasteiger partial charge in [-0.05, 0) is 26.2 Å². The number of halogens is 1. The summed E-state index contributed by atoms with van der Waals surface area (Å²) in [4.78, 5) is 8.67. The second-order valence-corrected chi connectivity index (χ2v) is 5.70.